The van der Waals surface area contributed by atoms with Crippen molar-refractivity contribution in [2.24, 2.45) is 0 Å². The first-order chi connectivity index (χ1) is 9.06. The van der Waals surface area contributed by atoms with E-state index in [1.165, 1.54) is 6.92 Å². The quantitative estimate of drug-likeness (QED) is 0.779. The van der Waals surface area contributed by atoms with E-state index in [0.717, 1.165) is 22.6 Å². The maximum absolute atomic E-state index is 11.2. The summed E-state index contributed by atoms with van der Waals surface area (Å²) in [5.41, 5.74) is 3.64. The van der Waals surface area contributed by atoms with E-state index in [9.17, 15) is 4.79 Å². The van der Waals surface area contributed by atoms with Crippen molar-refractivity contribution in [1.29, 1.82) is 0 Å². The van der Waals surface area contributed by atoms with E-state index in [-0.39, 0.29) is 5.91 Å². The zero-order valence-corrected chi connectivity index (χ0v) is 11.7. The van der Waals surface area contributed by atoms with Crippen LogP contribution in [0.1, 0.15) is 20.8 Å². The van der Waals surface area contributed by atoms with Crippen LogP contribution in [0.15, 0.2) is 60.3 Å². The molecule has 0 radical (unpaired) electrons. The number of nitrogens with one attached hydrogen (secondary N) is 2. The number of hydrogen-bond donors (Lipinski definition) is 2. The van der Waals surface area contributed by atoms with E-state index < -0.39 is 0 Å². The Bertz CT molecular complexity index is 527. The average molecular weight is 256 g/mol. The summed E-state index contributed by atoms with van der Waals surface area (Å²) in [7, 11) is 0. The van der Waals surface area contributed by atoms with Crippen LogP contribution < -0.4 is 10.6 Å². The van der Waals surface area contributed by atoms with Crippen molar-refractivity contribution in [2.75, 3.05) is 10.6 Å². The van der Waals surface area contributed by atoms with Gasteiger partial charge in [-0.1, -0.05) is 30.9 Å². The summed E-state index contributed by atoms with van der Waals surface area (Å²) >= 11 is 0. The van der Waals surface area contributed by atoms with Gasteiger partial charge in [0.15, 0.2) is 0 Å². The van der Waals surface area contributed by atoms with E-state index in [1.807, 2.05) is 50.3 Å². The zero-order chi connectivity index (χ0) is 14.3. The highest BCUT2D eigenvalue weighted by molar-refractivity contribution is 5.92. The van der Waals surface area contributed by atoms with Crippen molar-refractivity contribution in [2.45, 2.75) is 20.8 Å². The number of carbonyl (C=O) groups is 1. The predicted octanol–water partition coefficient (Wildman–Crippen LogP) is 4.09. The Morgan fingerprint density at radius 1 is 1.16 bits per heavy atom. The molecule has 0 fully saturated rings. The van der Waals surface area contributed by atoms with Crippen LogP contribution in [0.5, 0.6) is 0 Å². The molecule has 0 aliphatic carbocycles. The molecule has 1 aromatic carbocycles. The second-order valence-electron chi connectivity index (χ2n) is 4.19. The van der Waals surface area contributed by atoms with E-state index in [1.54, 1.807) is 6.08 Å². The summed E-state index contributed by atoms with van der Waals surface area (Å²) in [4.78, 5) is 11.2. The van der Waals surface area contributed by atoms with Gasteiger partial charge in [-0.15, -0.1) is 0 Å². The Balaban J connectivity index is 2.98. The number of carbonyl (C=O) groups excluding carboxylic acids is 1. The number of rotatable bonds is 5. The first-order valence-corrected chi connectivity index (χ1v) is 6.17. The molecule has 0 unspecified atom stereocenters. The minimum Gasteiger partial charge on any atom is -0.354 e. The van der Waals surface area contributed by atoms with Crippen molar-refractivity contribution in [3.63, 3.8) is 0 Å². The third-order valence-corrected chi connectivity index (χ3v) is 2.53. The van der Waals surface area contributed by atoms with Crippen molar-refractivity contribution in [3.8, 4) is 0 Å². The van der Waals surface area contributed by atoms with Crippen LogP contribution in [-0.4, -0.2) is 5.91 Å². The highest BCUT2D eigenvalue weighted by atomic mass is 16.1. The normalized spacial score (nSPS) is 11.9. The zero-order valence-electron chi connectivity index (χ0n) is 11.7. The van der Waals surface area contributed by atoms with Gasteiger partial charge in [0.05, 0.1) is 11.4 Å². The molecular formula is C16H20N2O. The van der Waals surface area contributed by atoms with E-state index in [2.05, 4.69) is 17.2 Å². The van der Waals surface area contributed by atoms with Crippen LogP contribution in [0.25, 0.3) is 0 Å². The topological polar surface area (TPSA) is 41.1 Å². The van der Waals surface area contributed by atoms with Gasteiger partial charge in [0, 0.05) is 12.6 Å². The van der Waals surface area contributed by atoms with Gasteiger partial charge in [0.25, 0.3) is 0 Å². The number of hydrogen-bond acceptors (Lipinski definition) is 2. The van der Waals surface area contributed by atoms with Crippen molar-refractivity contribution in [1.82, 2.24) is 0 Å². The van der Waals surface area contributed by atoms with Gasteiger partial charge in [0.2, 0.25) is 5.91 Å². The Hall–Kier alpha value is -2.29. The number of para-hydroxylation sites is 2. The van der Waals surface area contributed by atoms with E-state index in [0.29, 0.717) is 0 Å². The Labute approximate surface area is 114 Å². The molecule has 0 atom stereocenters. The molecule has 0 spiro atoms. The van der Waals surface area contributed by atoms with Crippen LogP contribution in [0.4, 0.5) is 11.4 Å². The maximum Gasteiger partial charge on any atom is 0.221 e. The largest absolute Gasteiger partial charge is 0.354 e. The lowest BCUT2D eigenvalue weighted by molar-refractivity contribution is -0.114. The third-order valence-electron chi connectivity index (χ3n) is 2.53. The molecule has 0 aromatic heterocycles. The van der Waals surface area contributed by atoms with Gasteiger partial charge in [0.1, 0.15) is 0 Å². The van der Waals surface area contributed by atoms with Crippen LogP contribution in [0.2, 0.25) is 0 Å². The van der Waals surface area contributed by atoms with Crippen molar-refractivity contribution in [3.05, 3.63) is 60.3 Å². The fourth-order valence-electron chi connectivity index (χ4n) is 1.54. The number of allylic oxidation sites excluding steroid dienone is 4. The molecule has 1 rings (SSSR count). The molecule has 0 saturated carbocycles. The smallest absolute Gasteiger partial charge is 0.221 e. The van der Waals surface area contributed by atoms with Crippen LogP contribution in [0, 0.1) is 0 Å². The minimum atomic E-state index is -0.0888. The second-order valence-corrected chi connectivity index (χ2v) is 4.19. The van der Waals surface area contributed by atoms with Crippen LogP contribution in [-0.2, 0) is 4.79 Å². The van der Waals surface area contributed by atoms with Gasteiger partial charge >= 0.3 is 0 Å². The van der Waals surface area contributed by atoms with Crippen molar-refractivity contribution >= 4 is 17.3 Å². The second kappa shape index (κ2) is 7.21. The SMILES string of the molecule is C=C/C(C)=C\C(=C/C)Nc1ccccc1NC(C)=O. The number of anilines is 2. The molecule has 1 amide bonds. The molecule has 0 aliphatic rings. The molecule has 100 valence electrons. The molecule has 19 heavy (non-hydrogen) atoms. The standard InChI is InChI=1S/C16H20N2O/c1-5-12(3)11-14(6-2)18-16-10-8-7-9-15(16)17-13(4)19/h5-11,18H,1H2,2-4H3,(H,17,19)/b12-11-,14-6+. The predicted molar refractivity (Wildman–Crippen MR) is 82.1 cm³/mol. The lowest BCUT2D eigenvalue weighted by Gasteiger charge is -2.13. The molecule has 3 heteroatoms. The average Bonchev–Trinajstić information content (AvgIpc) is 2.39. The van der Waals surface area contributed by atoms with Gasteiger partial charge in [-0.25, -0.2) is 0 Å². The molecular weight excluding hydrogens is 236 g/mol. The highest BCUT2D eigenvalue weighted by Crippen LogP contribution is 2.23. The molecule has 0 saturated heterocycles. The summed E-state index contributed by atoms with van der Waals surface area (Å²) in [6, 6.07) is 7.59. The lowest BCUT2D eigenvalue weighted by atomic mass is 10.2. The highest BCUT2D eigenvalue weighted by Gasteiger charge is 2.03. The minimum absolute atomic E-state index is 0.0888. The Morgan fingerprint density at radius 3 is 2.21 bits per heavy atom. The maximum atomic E-state index is 11.2. The van der Waals surface area contributed by atoms with Gasteiger partial charge < -0.3 is 10.6 Å². The van der Waals surface area contributed by atoms with Gasteiger partial charge in [-0.2, -0.15) is 0 Å². The summed E-state index contributed by atoms with van der Waals surface area (Å²) in [5.74, 6) is -0.0888. The first-order valence-electron chi connectivity index (χ1n) is 6.17. The van der Waals surface area contributed by atoms with Crippen molar-refractivity contribution < 1.29 is 4.79 Å². The van der Waals surface area contributed by atoms with E-state index in [4.69, 9.17) is 0 Å². The first kappa shape index (κ1) is 14.8. The molecule has 0 heterocycles. The van der Waals surface area contributed by atoms with Gasteiger partial charge in [-0.3, -0.25) is 4.79 Å². The van der Waals surface area contributed by atoms with E-state index >= 15 is 0 Å². The fourth-order valence-corrected chi connectivity index (χ4v) is 1.54. The third kappa shape index (κ3) is 4.84. The Kier molecular flexibility index (Phi) is 5.61. The molecule has 2 N–H and O–H groups in total. The Morgan fingerprint density at radius 2 is 1.74 bits per heavy atom. The number of benzene rings is 1. The summed E-state index contributed by atoms with van der Waals surface area (Å²) in [6.07, 6.45) is 5.76. The van der Waals surface area contributed by atoms with Gasteiger partial charge in [-0.05, 0) is 37.6 Å². The van der Waals surface area contributed by atoms with Crippen LogP contribution >= 0.6 is 0 Å². The monoisotopic (exact) mass is 256 g/mol. The fraction of sp³-hybridized carbons (Fsp3) is 0.188. The van der Waals surface area contributed by atoms with Crippen LogP contribution in [0.3, 0.4) is 0 Å². The molecule has 0 bridgehead atoms. The molecule has 3 nitrogen and oxygen atoms in total. The number of amides is 1. The summed E-state index contributed by atoms with van der Waals surface area (Å²) in [5, 5.41) is 6.09. The molecule has 1 aromatic rings. The lowest BCUT2D eigenvalue weighted by Crippen LogP contribution is -2.08. The molecule has 0 aliphatic heterocycles. The summed E-state index contributed by atoms with van der Waals surface area (Å²) in [6.45, 7) is 9.17. The summed E-state index contributed by atoms with van der Waals surface area (Å²) < 4.78 is 0.